The van der Waals surface area contributed by atoms with Gasteiger partial charge in [-0.15, -0.1) is 0 Å². The fourth-order valence-electron chi connectivity index (χ4n) is 6.26. The number of amides is 2. The third-order valence-corrected chi connectivity index (χ3v) is 8.14. The van der Waals surface area contributed by atoms with E-state index in [1.165, 1.54) is 0 Å². The zero-order chi connectivity index (χ0) is 25.5. The Morgan fingerprint density at radius 3 is 2.53 bits per heavy atom. The maximum atomic E-state index is 14.2. The zero-order valence-corrected chi connectivity index (χ0v) is 21.0. The summed E-state index contributed by atoms with van der Waals surface area (Å²) in [5.74, 6) is -2.73. The number of nitrogens with zero attached hydrogens (tertiary/aromatic N) is 2. The number of hydrogen-bond donors (Lipinski definition) is 1. The number of fused-ring (bicyclic) bond motifs is 2. The SMILES string of the molecule is CC[C@@]12C=CCOC(=O)[C@@H]1[C@H]1C(=O)N(CCCCCO)C3C(=O)N(c4ccc(Cl)cc4)CC=C[C@@]31O2. The van der Waals surface area contributed by atoms with Gasteiger partial charge in [0.05, 0.1) is 5.92 Å². The number of carbonyl (C=O) groups excluding carboxylic acids is 3. The van der Waals surface area contributed by atoms with Crippen LogP contribution < -0.4 is 4.90 Å². The van der Waals surface area contributed by atoms with Gasteiger partial charge in [-0.2, -0.15) is 0 Å². The average molecular weight is 515 g/mol. The number of aliphatic hydroxyl groups is 1. The first-order valence-corrected chi connectivity index (χ1v) is 13.0. The summed E-state index contributed by atoms with van der Waals surface area (Å²) in [5, 5.41) is 9.75. The molecule has 4 aliphatic rings. The molecule has 5 atom stereocenters. The second kappa shape index (κ2) is 9.65. The van der Waals surface area contributed by atoms with Crippen LogP contribution in [0.2, 0.25) is 5.02 Å². The van der Waals surface area contributed by atoms with Crippen molar-refractivity contribution in [3.05, 3.63) is 53.6 Å². The van der Waals surface area contributed by atoms with Crippen LogP contribution in [0.25, 0.3) is 0 Å². The summed E-state index contributed by atoms with van der Waals surface area (Å²) in [5.41, 5.74) is -1.66. The normalized spacial score (nSPS) is 33.2. The molecule has 4 heterocycles. The molecule has 0 radical (unpaired) electrons. The first-order chi connectivity index (χ1) is 17.4. The predicted molar refractivity (Wildman–Crippen MR) is 133 cm³/mol. The number of likely N-dealkylation sites (tertiary alicyclic amines) is 1. The minimum atomic E-state index is -1.30. The van der Waals surface area contributed by atoms with Crippen LogP contribution in [-0.4, -0.2) is 71.3 Å². The molecule has 4 aliphatic heterocycles. The lowest BCUT2D eigenvalue weighted by Crippen LogP contribution is -2.56. The summed E-state index contributed by atoms with van der Waals surface area (Å²) in [6, 6.07) is 6.06. The molecule has 2 saturated heterocycles. The van der Waals surface area contributed by atoms with Crippen molar-refractivity contribution in [2.75, 3.05) is 31.2 Å². The Bertz CT molecular complexity index is 1100. The number of rotatable bonds is 7. The van der Waals surface area contributed by atoms with E-state index in [-0.39, 0.29) is 25.0 Å². The molecule has 0 bridgehead atoms. The maximum absolute atomic E-state index is 14.2. The van der Waals surface area contributed by atoms with Crippen molar-refractivity contribution in [2.45, 2.75) is 49.9 Å². The van der Waals surface area contributed by atoms with Gasteiger partial charge in [-0.05, 0) is 56.0 Å². The Hall–Kier alpha value is -2.68. The highest BCUT2D eigenvalue weighted by Gasteiger charge is 2.75. The number of ether oxygens (including phenoxy) is 2. The lowest BCUT2D eigenvalue weighted by atomic mass is 9.73. The summed E-state index contributed by atoms with van der Waals surface area (Å²) in [4.78, 5) is 44.8. The number of unbranched alkanes of at least 4 members (excludes halogenated alkanes) is 2. The molecule has 192 valence electrons. The summed E-state index contributed by atoms with van der Waals surface area (Å²) >= 11 is 6.08. The van der Waals surface area contributed by atoms with E-state index in [0.717, 1.165) is 0 Å². The molecule has 1 unspecified atom stereocenters. The molecular weight excluding hydrogens is 484 g/mol. The third-order valence-electron chi connectivity index (χ3n) is 7.89. The quantitative estimate of drug-likeness (QED) is 0.341. The molecule has 1 aromatic rings. The van der Waals surface area contributed by atoms with Gasteiger partial charge in [0.15, 0.2) is 0 Å². The van der Waals surface area contributed by atoms with E-state index in [1.54, 1.807) is 40.1 Å². The highest BCUT2D eigenvalue weighted by molar-refractivity contribution is 6.30. The molecule has 5 rings (SSSR count). The molecule has 0 aromatic heterocycles. The maximum Gasteiger partial charge on any atom is 0.313 e. The van der Waals surface area contributed by atoms with Crippen LogP contribution in [0, 0.1) is 11.8 Å². The van der Waals surface area contributed by atoms with E-state index in [9.17, 15) is 19.5 Å². The molecule has 0 aliphatic carbocycles. The fourth-order valence-corrected chi connectivity index (χ4v) is 6.39. The van der Waals surface area contributed by atoms with Crippen molar-refractivity contribution in [1.82, 2.24) is 4.90 Å². The van der Waals surface area contributed by atoms with Gasteiger partial charge in [0.2, 0.25) is 5.91 Å². The van der Waals surface area contributed by atoms with Crippen molar-refractivity contribution in [3.8, 4) is 0 Å². The number of benzene rings is 1. The van der Waals surface area contributed by atoms with Gasteiger partial charge in [0.25, 0.3) is 5.91 Å². The third kappa shape index (κ3) is 3.78. The number of aliphatic hydroxyl groups excluding tert-OH is 1. The van der Waals surface area contributed by atoms with Gasteiger partial charge >= 0.3 is 5.97 Å². The minimum absolute atomic E-state index is 0.0678. The van der Waals surface area contributed by atoms with Crippen LogP contribution in [0.15, 0.2) is 48.6 Å². The Labute approximate surface area is 215 Å². The number of carbonyl (C=O) groups is 3. The summed E-state index contributed by atoms with van der Waals surface area (Å²) in [6.07, 6.45) is 9.68. The van der Waals surface area contributed by atoms with Crippen LogP contribution in [0.1, 0.15) is 32.6 Å². The summed E-state index contributed by atoms with van der Waals surface area (Å²) in [6.45, 7) is 2.74. The van der Waals surface area contributed by atoms with E-state index < -0.39 is 35.0 Å². The smallest absolute Gasteiger partial charge is 0.313 e. The van der Waals surface area contributed by atoms with E-state index >= 15 is 0 Å². The first-order valence-electron chi connectivity index (χ1n) is 12.6. The van der Waals surface area contributed by atoms with Crippen molar-refractivity contribution in [3.63, 3.8) is 0 Å². The number of cyclic esters (lactones) is 1. The van der Waals surface area contributed by atoms with E-state index in [4.69, 9.17) is 21.1 Å². The van der Waals surface area contributed by atoms with Crippen LogP contribution >= 0.6 is 11.6 Å². The topological polar surface area (TPSA) is 96.4 Å². The molecule has 2 fully saturated rings. The largest absolute Gasteiger partial charge is 0.461 e. The van der Waals surface area contributed by atoms with Gasteiger partial charge < -0.3 is 24.4 Å². The van der Waals surface area contributed by atoms with E-state index in [0.29, 0.717) is 49.5 Å². The highest BCUT2D eigenvalue weighted by Crippen LogP contribution is 2.58. The molecule has 36 heavy (non-hydrogen) atoms. The molecule has 1 spiro atoms. The standard InChI is InChI=1S/C27H31ClN2O6/c1-2-26-12-7-17-35-25(34)21(26)20-23(32)30(14-4-3-5-16-31)22-24(33)29(15-6-13-27(20,22)36-26)19-10-8-18(28)9-11-19/h6-13,20-22,31H,2-5,14-17H2,1H3/t20-,21-,22?,26+,27-/m0/s1. The van der Waals surface area contributed by atoms with Crippen molar-refractivity contribution in [2.24, 2.45) is 11.8 Å². The summed E-state index contributed by atoms with van der Waals surface area (Å²) in [7, 11) is 0. The first kappa shape index (κ1) is 25.0. The molecule has 8 nitrogen and oxygen atoms in total. The minimum Gasteiger partial charge on any atom is -0.461 e. The average Bonchev–Trinajstić information content (AvgIpc) is 3.14. The van der Waals surface area contributed by atoms with Gasteiger partial charge in [0, 0.05) is 30.4 Å². The van der Waals surface area contributed by atoms with E-state index in [2.05, 4.69) is 0 Å². The van der Waals surface area contributed by atoms with Crippen molar-refractivity contribution >= 4 is 35.1 Å². The predicted octanol–water partition coefficient (Wildman–Crippen LogP) is 2.88. The molecule has 9 heteroatoms. The second-order valence-electron chi connectivity index (χ2n) is 9.80. The monoisotopic (exact) mass is 514 g/mol. The van der Waals surface area contributed by atoms with Crippen LogP contribution in [0.4, 0.5) is 5.69 Å². The van der Waals surface area contributed by atoms with Crippen molar-refractivity contribution < 1.29 is 29.0 Å². The second-order valence-corrected chi connectivity index (χ2v) is 10.2. The van der Waals surface area contributed by atoms with Gasteiger partial charge in [-0.1, -0.05) is 36.8 Å². The molecule has 0 saturated carbocycles. The molecule has 1 aromatic carbocycles. The van der Waals surface area contributed by atoms with Crippen LogP contribution in [0.3, 0.4) is 0 Å². The number of anilines is 1. The van der Waals surface area contributed by atoms with Gasteiger partial charge in [0.1, 0.15) is 29.8 Å². The number of hydrogen-bond acceptors (Lipinski definition) is 6. The zero-order valence-electron chi connectivity index (χ0n) is 20.3. The summed E-state index contributed by atoms with van der Waals surface area (Å²) < 4.78 is 12.3. The Morgan fingerprint density at radius 1 is 1.03 bits per heavy atom. The Morgan fingerprint density at radius 2 is 1.81 bits per heavy atom. The fraction of sp³-hybridized carbons (Fsp3) is 0.519. The lowest BCUT2D eigenvalue weighted by Gasteiger charge is -2.38. The lowest BCUT2D eigenvalue weighted by molar-refractivity contribution is -0.157. The number of halogens is 1. The molecular formula is C27H31ClN2O6. The molecule has 2 amide bonds. The Kier molecular flexibility index (Phi) is 6.70. The van der Waals surface area contributed by atoms with Gasteiger partial charge in [-0.25, -0.2) is 0 Å². The molecule has 1 N–H and O–H groups in total. The van der Waals surface area contributed by atoms with Crippen molar-refractivity contribution in [1.29, 1.82) is 0 Å². The van der Waals surface area contributed by atoms with Crippen LogP contribution in [-0.2, 0) is 23.9 Å². The highest BCUT2D eigenvalue weighted by atomic mass is 35.5. The Balaban J connectivity index is 1.60. The van der Waals surface area contributed by atoms with E-state index in [1.807, 2.05) is 25.2 Å². The van der Waals surface area contributed by atoms with Gasteiger partial charge in [-0.3, -0.25) is 14.4 Å². The number of esters is 1. The van der Waals surface area contributed by atoms with Crippen LogP contribution in [0.5, 0.6) is 0 Å².